The van der Waals surface area contributed by atoms with Crippen molar-refractivity contribution >= 4 is 17.4 Å². The minimum atomic E-state index is -0.557. The van der Waals surface area contributed by atoms with E-state index in [9.17, 15) is 14.9 Å². The fraction of sp³-hybridized carbons (Fsp3) is 0. The van der Waals surface area contributed by atoms with Crippen LogP contribution in [-0.2, 0) is 0 Å². The Balaban J connectivity index is 1.94. The minimum Gasteiger partial charge on any atom is -0.459 e. The maximum absolute atomic E-state index is 11.5. The Kier molecular flexibility index (Phi) is 3.19. The smallest absolute Gasteiger partial charge is 0.305 e. The van der Waals surface area contributed by atoms with Gasteiger partial charge in [-0.25, -0.2) is 4.98 Å². The Morgan fingerprint density at radius 3 is 2.78 bits per heavy atom. The number of rotatable bonds is 4. The van der Waals surface area contributed by atoms with Crippen molar-refractivity contribution in [2.75, 3.05) is 5.43 Å². The molecule has 0 aliphatic carbocycles. The van der Waals surface area contributed by atoms with Crippen molar-refractivity contribution in [2.45, 2.75) is 0 Å². The number of aromatic nitrogens is 1. The Labute approximate surface area is 101 Å². The van der Waals surface area contributed by atoms with E-state index in [4.69, 9.17) is 4.42 Å². The molecule has 0 aliphatic rings. The molecule has 0 saturated carbocycles. The van der Waals surface area contributed by atoms with E-state index in [0.717, 1.165) is 6.20 Å². The van der Waals surface area contributed by atoms with Crippen molar-refractivity contribution in [1.29, 1.82) is 0 Å². The predicted molar refractivity (Wildman–Crippen MR) is 60.7 cm³/mol. The lowest BCUT2D eigenvalue weighted by Gasteiger charge is -2.05. The van der Waals surface area contributed by atoms with E-state index in [1.54, 1.807) is 6.07 Å². The number of hydrogen-bond donors (Lipinski definition) is 2. The summed E-state index contributed by atoms with van der Waals surface area (Å²) in [4.78, 5) is 25.0. The van der Waals surface area contributed by atoms with Crippen LogP contribution < -0.4 is 10.9 Å². The molecule has 0 unspecified atom stereocenters. The van der Waals surface area contributed by atoms with E-state index in [2.05, 4.69) is 15.8 Å². The predicted octanol–water partition coefficient (Wildman–Crippen LogP) is 1.34. The molecule has 18 heavy (non-hydrogen) atoms. The topological polar surface area (TPSA) is 110 Å². The van der Waals surface area contributed by atoms with Gasteiger partial charge in [0.15, 0.2) is 5.76 Å². The maximum atomic E-state index is 11.5. The van der Waals surface area contributed by atoms with Gasteiger partial charge in [0.25, 0.3) is 5.69 Å². The zero-order valence-electron chi connectivity index (χ0n) is 8.99. The van der Waals surface area contributed by atoms with Crippen molar-refractivity contribution < 1.29 is 14.1 Å². The number of pyridine rings is 1. The third-order valence-electron chi connectivity index (χ3n) is 2.01. The van der Waals surface area contributed by atoms with E-state index >= 15 is 0 Å². The highest BCUT2D eigenvalue weighted by atomic mass is 16.6. The summed E-state index contributed by atoms with van der Waals surface area (Å²) >= 11 is 0. The molecule has 2 heterocycles. The second kappa shape index (κ2) is 4.95. The summed E-state index contributed by atoms with van der Waals surface area (Å²) in [5, 5.41) is 10.4. The lowest BCUT2D eigenvalue weighted by molar-refractivity contribution is -0.385. The van der Waals surface area contributed by atoms with E-state index in [1.807, 2.05) is 0 Å². The lowest BCUT2D eigenvalue weighted by Crippen LogP contribution is -2.29. The summed E-state index contributed by atoms with van der Waals surface area (Å²) in [7, 11) is 0. The molecule has 8 heteroatoms. The van der Waals surface area contributed by atoms with Gasteiger partial charge in [0.05, 0.1) is 11.2 Å². The highest BCUT2D eigenvalue weighted by Gasteiger charge is 2.08. The van der Waals surface area contributed by atoms with E-state index in [0.29, 0.717) is 0 Å². The number of anilines is 1. The highest BCUT2D eigenvalue weighted by molar-refractivity contribution is 5.91. The number of nitrogens with zero attached hydrogens (tertiary/aromatic N) is 2. The molecule has 2 aromatic heterocycles. The summed E-state index contributed by atoms with van der Waals surface area (Å²) in [6, 6.07) is 5.73. The van der Waals surface area contributed by atoms with Gasteiger partial charge in [0.1, 0.15) is 12.0 Å². The molecular formula is C10H8N4O4. The Bertz CT molecular complexity index is 550. The molecule has 0 aliphatic heterocycles. The van der Waals surface area contributed by atoms with E-state index in [-0.39, 0.29) is 17.3 Å². The molecule has 0 atom stereocenters. The molecule has 2 aromatic rings. The molecule has 0 fully saturated rings. The van der Waals surface area contributed by atoms with Crippen molar-refractivity contribution in [3.63, 3.8) is 0 Å². The summed E-state index contributed by atoms with van der Waals surface area (Å²) < 4.78 is 4.87. The number of amides is 1. The third-order valence-corrected chi connectivity index (χ3v) is 2.01. The molecule has 92 valence electrons. The van der Waals surface area contributed by atoms with E-state index < -0.39 is 10.8 Å². The number of carbonyl (C=O) groups excluding carboxylic acids is 1. The number of nitrogens with one attached hydrogen (secondary N) is 2. The van der Waals surface area contributed by atoms with Crippen molar-refractivity contribution in [2.24, 2.45) is 0 Å². The third kappa shape index (κ3) is 2.61. The fourth-order valence-electron chi connectivity index (χ4n) is 1.16. The van der Waals surface area contributed by atoms with Gasteiger partial charge in [0, 0.05) is 6.07 Å². The van der Waals surface area contributed by atoms with Crippen LogP contribution in [0.1, 0.15) is 10.6 Å². The molecular weight excluding hydrogens is 240 g/mol. The van der Waals surface area contributed by atoms with Gasteiger partial charge < -0.3 is 4.42 Å². The summed E-state index contributed by atoms with van der Waals surface area (Å²) in [5.41, 5.74) is 4.71. The molecule has 2 rings (SSSR count). The van der Waals surface area contributed by atoms with Crippen molar-refractivity contribution in [1.82, 2.24) is 10.4 Å². The van der Waals surface area contributed by atoms with E-state index in [1.165, 1.54) is 24.5 Å². The molecule has 2 N–H and O–H groups in total. The molecule has 8 nitrogen and oxygen atoms in total. The second-order valence-electron chi connectivity index (χ2n) is 3.22. The number of hydrogen-bond acceptors (Lipinski definition) is 6. The first kappa shape index (κ1) is 11.6. The van der Waals surface area contributed by atoms with Crippen LogP contribution in [0.5, 0.6) is 0 Å². The lowest BCUT2D eigenvalue weighted by atomic mass is 10.4. The summed E-state index contributed by atoms with van der Waals surface area (Å²) in [6.45, 7) is 0. The van der Waals surface area contributed by atoms with Crippen molar-refractivity contribution in [3.05, 3.63) is 52.6 Å². The van der Waals surface area contributed by atoms with Crippen LogP contribution in [0.3, 0.4) is 0 Å². The fourth-order valence-corrected chi connectivity index (χ4v) is 1.16. The Hall–Kier alpha value is -2.90. The van der Waals surface area contributed by atoms with Gasteiger partial charge in [-0.05, 0) is 18.2 Å². The zero-order chi connectivity index (χ0) is 13.0. The normalized spacial score (nSPS) is 9.78. The SMILES string of the molecule is O=C(NNc1ccc([N+](=O)[O-])cn1)c1ccco1. The summed E-state index contributed by atoms with van der Waals surface area (Å²) in [5.74, 6) is -0.0509. The molecule has 0 aromatic carbocycles. The maximum Gasteiger partial charge on any atom is 0.305 e. The van der Waals surface area contributed by atoms with Crippen LogP contribution >= 0.6 is 0 Å². The molecule has 0 bridgehead atoms. The van der Waals surface area contributed by atoms with Gasteiger partial charge >= 0.3 is 5.91 Å². The first-order valence-electron chi connectivity index (χ1n) is 4.87. The quantitative estimate of drug-likeness (QED) is 0.624. The second-order valence-corrected chi connectivity index (χ2v) is 3.22. The summed E-state index contributed by atoms with van der Waals surface area (Å²) in [6.07, 6.45) is 2.46. The van der Waals surface area contributed by atoms with Crippen LogP contribution in [0.15, 0.2) is 41.1 Å². The monoisotopic (exact) mass is 248 g/mol. The number of nitro groups is 1. The Morgan fingerprint density at radius 1 is 1.39 bits per heavy atom. The first-order chi connectivity index (χ1) is 8.66. The van der Waals surface area contributed by atoms with Gasteiger partial charge in [-0.2, -0.15) is 0 Å². The Morgan fingerprint density at radius 2 is 2.22 bits per heavy atom. The number of hydrazine groups is 1. The van der Waals surface area contributed by atoms with Gasteiger partial charge in [-0.15, -0.1) is 0 Å². The van der Waals surface area contributed by atoms with Gasteiger partial charge in [0.2, 0.25) is 0 Å². The number of carbonyl (C=O) groups is 1. The van der Waals surface area contributed by atoms with Crippen LogP contribution in [0.25, 0.3) is 0 Å². The van der Waals surface area contributed by atoms with Gasteiger partial charge in [-0.1, -0.05) is 0 Å². The van der Waals surface area contributed by atoms with Crippen LogP contribution in [0, 0.1) is 10.1 Å². The highest BCUT2D eigenvalue weighted by Crippen LogP contribution is 2.11. The standard InChI is InChI=1S/C10H8N4O4/c15-10(8-2-1-5-18-8)13-12-9-4-3-7(6-11-9)14(16)17/h1-6H,(H,11,12)(H,13,15). The van der Waals surface area contributed by atoms with Crippen LogP contribution in [0.4, 0.5) is 11.5 Å². The minimum absolute atomic E-state index is 0.127. The van der Waals surface area contributed by atoms with Crippen LogP contribution in [-0.4, -0.2) is 15.8 Å². The molecule has 0 saturated heterocycles. The number of furan rings is 1. The average Bonchev–Trinajstić information content (AvgIpc) is 2.90. The molecule has 0 radical (unpaired) electrons. The largest absolute Gasteiger partial charge is 0.459 e. The van der Waals surface area contributed by atoms with Crippen molar-refractivity contribution in [3.8, 4) is 0 Å². The first-order valence-corrected chi connectivity index (χ1v) is 4.87. The average molecular weight is 248 g/mol. The molecule has 1 amide bonds. The zero-order valence-corrected chi connectivity index (χ0v) is 8.99. The van der Waals surface area contributed by atoms with Gasteiger partial charge in [-0.3, -0.25) is 25.8 Å². The van der Waals surface area contributed by atoms with Crippen LogP contribution in [0.2, 0.25) is 0 Å². The molecule has 0 spiro atoms.